The smallest absolute Gasteiger partial charge is 0.213 e. The topological polar surface area (TPSA) is 49.1 Å². The molecule has 84 valence electrons. The van der Waals surface area contributed by atoms with Gasteiger partial charge in [-0.25, -0.2) is 4.98 Å². The number of hydrogen-bond donors (Lipinski definition) is 0. The van der Waals surface area contributed by atoms with Crippen LogP contribution in [0, 0.1) is 11.3 Å². The Morgan fingerprint density at radius 1 is 1.62 bits per heavy atom. The van der Waals surface area contributed by atoms with Gasteiger partial charge < -0.3 is 4.74 Å². The molecule has 4 nitrogen and oxygen atoms in total. The summed E-state index contributed by atoms with van der Waals surface area (Å²) >= 11 is 0. The van der Waals surface area contributed by atoms with E-state index in [1.807, 2.05) is 6.07 Å². The van der Waals surface area contributed by atoms with Crippen molar-refractivity contribution in [1.82, 2.24) is 9.88 Å². The van der Waals surface area contributed by atoms with Crippen molar-refractivity contribution < 1.29 is 4.74 Å². The van der Waals surface area contributed by atoms with E-state index >= 15 is 0 Å². The average Bonchev–Trinajstić information content (AvgIpc) is 2.78. The van der Waals surface area contributed by atoms with Crippen LogP contribution in [0.1, 0.15) is 18.9 Å². The Morgan fingerprint density at radius 2 is 2.50 bits per heavy atom. The fraction of sp³-hybridized carbons (Fsp3) is 0.500. The lowest BCUT2D eigenvalue weighted by atomic mass is 10.3. The molecule has 2 heterocycles. The third-order valence-electron chi connectivity index (χ3n) is 2.83. The predicted octanol–water partition coefficient (Wildman–Crippen LogP) is 1.43. The fourth-order valence-electron chi connectivity index (χ4n) is 1.87. The number of likely N-dealkylation sites (N-methyl/N-ethyl adjacent to an activating group) is 1. The zero-order chi connectivity index (χ0) is 11.4. The van der Waals surface area contributed by atoms with E-state index in [0.29, 0.717) is 11.4 Å². The number of nitriles is 1. The summed E-state index contributed by atoms with van der Waals surface area (Å²) in [7, 11) is 0. The van der Waals surface area contributed by atoms with Gasteiger partial charge in [0, 0.05) is 25.4 Å². The van der Waals surface area contributed by atoms with E-state index in [4.69, 9.17) is 10.00 Å². The number of aromatic nitrogens is 1. The van der Waals surface area contributed by atoms with Gasteiger partial charge in [-0.2, -0.15) is 5.26 Å². The summed E-state index contributed by atoms with van der Waals surface area (Å²) in [5.41, 5.74) is 0.564. The maximum Gasteiger partial charge on any atom is 0.213 e. The molecule has 0 saturated carbocycles. The Kier molecular flexibility index (Phi) is 3.37. The third kappa shape index (κ3) is 2.50. The average molecular weight is 217 g/mol. The quantitative estimate of drug-likeness (QED) is 0.768. The molecule has 0 spiro atoms. The zero-order valence-corrected chi connectivity index (χ0v) is 9.39. The Bertz CT molecular complexity index is 382. The summed E-state index contributed by atoms with van der Waals surface area (Å²) in [6.45, 7) is 5.29. The van der Waals surface area contributed by atoms with Crippen LogP contribution in [0.5, 0.6) is 5.88 Å². The molecular formula is C12H15N3O. The number of ether oxygens (including phenoxy) is 1. The number of hydrogen-bond acceptors (Lipinski definition) is 4. The fourth-order valence-corrected chi connectivity index (χ4v) is 1.87. The van der Waals surface area contributed by atoms with Crippen LogP contribution < -0.4 is 4.74 Å². The van der Waals surface area contributed by atoms with Crippen molar-refractivity contribution >= 4 is 0 Å². The second-order valence-electron chi connectivity index (χ2n) is 3.92. The standard InChI is InChI=1S/C12H15N3O/c1-2-15-6-5-11(9-15)16-12-4-3-10(7-13)8-14-12/h3-4,8,11H,2,5-6,9H2,1H3. The molecule has 1 atom stereocenters. The first kappa shape index (κ1) is 10.9. The van der Waals surface area contributed by atoms with Gasteiger partial charge in [-0.05, 0) is 19.0 Å². The van der Waals surface area contributed by atoms with E-state index in [0.717, 1.165) is 26.1 Å². The van der Waals surface area contributed by atoms with Crippen LogP contribution in [0.15, 0.2) is 18.3 Å². The second-order valence-corrected chi connectivity index (χ2v) is 3.92. The van der Waals surface area contributed by atoms with Gasteiger partial charge in [0.1, 0.15) is 12.2 Å². The summed E-state index contributed by atoms with van der Waals surface area (Å²) in [5.74, 6) is 0.613. The van der Waals surface area contributed by atoms with Gasteiger partial charge >= 0.3 is 0 Å². The van der Waals surface area contributed by atoms with Gasteiger partial charge in [0.05, 0.1) is 5.56 Å². The van der Waals surface area contributed by atoms with Gasteiger partial charge in [-0.15, -0.1) is 0 Å². The molecule has 1 aromatic rings. The Labute approximate surface area is 95.5 Å². The number of likely N-dealkylation sites (tertiary alicyclic amines) is 1. The molecule has 2 rings (SSSR count). The molecule has 1 unspecified atom stereocenters. The van der Waals surface area contributed by atoms with Crippen molar-refractivity contribution in [3.63, 3.8) is 0 Å². The van der Waals surface area contributed by atoms with Crippen LogP contribution >= 0.6 is 0 Å². The summed E-state index contributed by atoms with van der Waals surface area (Å²) in [6, 6.07) is 5.53. The van der Waals surface area contributed by atoms with Crippen molar-refractivity contribution in [3.8, 4) is 11.9 Å². The van der Waals surface area contributed by atoms with E-state index < -0.39 is 0 Å². The van der Waals surface area contributed by atoms with Crippen molar-refractivity contribution in [2.45, 2.75) is 19.4 Å². The number of nitrogens with zero attached hydrogens (tertiary/aromatic N) is 3. The zero-order valence-electron chi connectivity index (χ0n) is 9.39. The van der Waals surface area contributed by atoms with E-state index in [9.17, 15) is 0 Å². The van der Waals surface area contributed by atoms with Gasteiger partial charge in [-0.1, -0.05) is 6.92 Å². The van der Waals surface area contributed by atoms with Crippen LogP contribution in [0.25, 0.3) is 0 Å². The van der Waals surface area contributed by atoms with Crippen molar-refractivity contribution in [2.75, 3.05) is 19.6 Å². The molecule has 1 saturated heterocycles. The largest absolute Gasteiger partial charge is 0.473 e. The highest BCUT2D eigenvalue weighted by molar-refractivity contribution is 5.28. The second kappa shape index (κ2) is 4.95. The molecule has 1 aliphatic rings. The third-order valence-corrected chi connectivity index (χ3v) is 2.83. The minimum absolute atomic E-state index is 0.236. The molecular weight excluding hydrogens is 202 g/mol. The van der Waals surface area contributed by atoms with E-state index in [1.165, 1.54) is 0 Å². The number of pyridine rings is 1. The molecule has 1 fully saturated rings. The summed E-state index contributed by atoms with van der Waals surface area (Å²) < 4.78 is 5.74. The van der Waals surface area contributed by atoms with Crippen molar-refractivity contribution in [2.24, 2.45) is 0 Å². The lowest BCUT2D eigenvalue weighted by Crippen LogP contribution is -2.24. The Morgan fingerprint density at radius 3 is 3.06 bits per heavy atom. The predicted molar refractivity (Wildman–Crippen MR) is 60.1 cm³/mol. The minimum atomic E-state index is 0.236. The molecule has 1 aromatic heterocycles. The Hall–Kier alpha value is -1.60. The summed E-state index contributed by atoms with van der Waals surface area (Å²) in [5, 5.41) is 8.64. The van der Waals surface area contributed by atoms with Crippen LogP contribution in [0.4, 0.5) is 0 Å². The molecule has 0 N–H and O–H groups in total. The highest BCUT2D eigenvalue weighted by Gasteiger charge is 2.22. The first-order valence-electron chi connectivity index (χ1n) is 5.57. The molecule has 1 aliphatic heterocycles. The molecule has 0 bridgehead atoms. The van der Waals surface area contributed by atoms with Crippen LogP contribution in [0.3, 0.4) is 0 Å². The van der Waals surface area contributed by atoms with Gasteiger partial charge in [0.25, 0.3) is 0 Å². The highest BCUT2D eigenvalue weighted by Crippen LogP contribution is 2.16. The first-order valence-corrected chi connectivity index (χ1v) is 5.57. The van der Waals surface area contributed by atoms with Crippen molar-refractivity contribution in [3.05, 3.63) is 23.9 Å². The molecule has 0 aliphatic carbocycles. The Balaban J connectivity index is 1.92. The lowest BCUT2D eigenvalue weighted by molar-refractivity contribution is 0.195. The maximum absolute atomic E-state index is 8.64. The van der Waals surface area contributed by atoms with E-state index in [1.54, 1.807) is 18.3 Å². The van der Waals surface area contributed by atoms with Gasteiger partial charge in [-0.3, -0.25) is 4.90 Å². The normalized spacial score (nSPS) is 20.6. The molecule has 4 heteroatoms. The van der Waals surface area contributed by atoms with Crippen LogP contribution in [0.2, 0.25) is 0 Å². The minimum Gasteiger partial charge on any atom is -0.473 e. The highest BCUT2D eigenvalue weighted by atomic mass is 16.5. The number of rotatable bonds is 3. The molecule has 16 heavy (non-hydrogen) atoms. The van der Waals surface area contributed by atoms with E-state index in [2.05, 4.69) is 16.8 Å². The maximum atomic E-state index is 8.64. The van der Waals surface area contributed by atoms with Crippen LogP contribution in [-0.2, 0) is 0 Å². The molecule has 0 aromatic carbocycles. The van der Waals surface area contributed by atoms with Crippen molar-refractivity contribution in [1.29, 1.82) is 5.26 Å². The summed E-state index contributed by atoms with van der Waals surface area (Å²) in [6.07, 6.45) is 2.83. The summed E-state index contributed by atoms with van der Waals surface area (Å²) in [4.78, 5) is 6.46. The SMILES string of the molecule is CCN1CCC(Oc2ccc(C#N)cn2)C1. The van der Waals surface area contributed by atoms with Gasteiger partial charge in [0.2, 0.25) is 5.88 Å². The van der Waals surface area contributed by atoms with E-state index in [-0.39, 0.29) is 6.10 Å². The van der Waals surface area contributed by atoms with Gasteiger partial charge in [0.15, 0.2) is 0 Å². The molecule has 0 radical (unpaired) electrons. The lowest BCUT2D eigenvalue weighted by Gasteiger charge is -2.14. The van der Waals surface area contributed by atoms with Crippen LogP contribution in [-0.4, -0.2) is 35.6 Å². The first-order chi connectivity index (χ1) is 7.81. The molecule has 0 amide bonds. The monoisotopic (exact) mass is 217 g/mol.